The molecule has 7 heteroatoms. The van der Waals surface area contributed by atoms with E-state index in [2.05, 4.69) is 15.5 Å². The fourth-order valence-electron chi connectivity index (χ4n) is 2.13. The van der Waals surface area contributed by atoms with Crippen LogP contribution < -0.4 is 14.8 Å². The lowest BCUT2D eigenvalue weighted by Crippen LogP contribution is -1.98. The zero-order chi connectivity index (χ0) is 16.2. The van der Waals surface area contributed by atoms with Gasteiger partial charge in [-0.2, -0.15) is 4.98 Å². The van der Waals surface area contributed by atoms with Crippen molar-refractivity contribution in [2.45, 2.75) is 13.5 Å². The summed E-state index contributed by atoms with van der Waals surface area (Å²) in [5, 5.41) is 6.98. The number of methoxy groups -OCH3 is 2. The van der Waals surface area contributed by atoms with Crippen molar-refractivity contribution in [2.24, 2.45) is 0 Å². The van der Waals surface area contributed by atoms with E-state index in [1.165, 1.54) is 0 Å². The van der Waals surface area contributed by atoms with E-state index in [9.17, 15) is 0 Å². The molecule has 3 rings (SSSR count). The molecule has 0 radical (unpaired) electrons. The van der Waals surface area contributed by atoms with Gasteiger partial charge in [0.15, 0.2) is 11.5 Å². The molecule has 0 aliphatic carbocycles. The second kappa shape index (κ2) is 6.43. The maximum Gasteiger partial charge on any atom is 0.322 e. The Morgan fingerprint density at radius 3 is 2.61 bits per heavy atom. The second-order valence-electron chi connectivity index (χ2n) is 4.86. The van der Waals surface area contributed by atoms with E-state index in [1.54, 1.807) is 26.4 Å². The van der Waals surface area contributed by atoms with Crippen molar-refractivity contribution in [1.82, 2.24) is 10.1 Å². The predicted octanol–water partition coefficient (Wildman–Crippen LogP) is 3.27. The molecule has 120 valence electrons. The lowest BCUT2D eigenvalue weighted by molar-refractivity contribution is 0.355. The van der Waals surface area contributed by atoms with Crippen molar-refractivity contribution in [3.05, 3.63) is 41.9 Å². The van der Waals surface area contributed by atoms with Crippen molar-refractivity contribution < 1.29 is 18.4 Å². The Labute approximate surface area is 133 Å². The van der Waals surface area contributed by atoms with Crippen LogP contribution in [0.15, 0.2) is 39.3 Å². The molecule has 0 bridgehead atoms. The topological polar surface area (TPSA) is 82.6 Å². The Morgan fingerprint density at radius 2 is 1.91 bits per heavy atom. The normalized spacial score (nSPS) is 10.6. The SMILES string of the molecule is COc1ccc(-c2noc(NCc3ccc(C)o3)n2)cc1OC. The number of anilines is 1. The molecular weight excluding hydrogens is 298 g/mol. The third-order valence-electron chi connectivity index (χ3n) is 3.28. The van der Waals surface area contributed by atoms with E-state index in [1.807, 2.05) is 25.1 Å². The summed E-state index contributed by atoms with van der Waals surface area (Å²) in [6.07, 6.45) is 0. The standard InChI is InChI=1S/C16H17N3O4/c1-10-4-6-12(22-10)9-17-16-18-15(19-23-16)11-5-7-13(20-2)14(8-11)21-3/h4-8H,9H2,1-3H3,(H,17,18,19). The van der Waals surface area contributed by atoms with Crippen LogP contribution in [0.4, 0.5) is 6.01 Å². The molecule has 23 heavy (non-hydrogen) atoms. The second-order valence-corrected chi connectivity index (χ2v) is 4.86. The summed E-state index contributed by atoms with van der Waals surface area (Å²) in [6, 6.07) is 9.55. The number of rotatable bonds is 6. The van der Waals surface area contributed by atoms with Crippen LogP contribution in [-0.2, 0) is 6.54 Å². The van der Waals surface area contributed by atoms with Gasteiger partial charge in [0.1, 0.15) is 11.5 Å². The monoisotopic (exact) mass is 315 g/mol. The van der Waals surface area contributed by atoms with Crippen LogP contribution in [0.1, 0.15) is 11.5 Å². The summed E-state index contributed by atoms with van der Waals surface area (Å²) in [5.41, 5.74) is 0.772. The number of aromatic nitrogens is 2. The van der Waals surface area contributed by atoms with Crippen molar-refractivity contribution >= 4 is 6.01 Å². The van der Waals surface area contributed by atoms with Gasteiger partial charge in [0.25, 0.3) is 0 Å². The minimum atomic E-state index is 0.323. The van der Waals surface area contributed by atoms with E-state index in [4.69, 9.17) is 18.4 Å². The molecule has 3 aromatic rings. The minimum Gasteiger partial charge on any atom is -0.493 e. The molecule has 2 heterocycles. The Hall–Kier alpha value is -2.96. The molecule has 0 atom stereocenters. The van der Waals surface area contributed by atoms with Crippen LogP contribution in [0.5, 0.6) is 11.5 Å². The van der Waals surface area contributed by atoms with Gasteiger partial charge in [-0.25, -0.2) is 0 Å². The number of benzene rings is 1. The lowest BCUT2D eigenvalue weighted by Gasteiger charge is -2.07. The van der Waals surface area contributed by atoms with Gasteiger partial charge in [-0.15, -0.1) is 0 Å². The average molecular weight is 315 g/mol. The molecule has 0 aliphatic heterocycles. The third-order valence-corrected chi connectivity index (χ3v) is 3.28. The molecule has 0 aliphatic rings. The van der Waals surface area contributed by atoms with Crippen LogP contribution in [-0.4, -0.2) is 24.4 Å². The van der Waals surface area contributed by atoms with Crippen LogP contribution in [0.3, 0.4) is 0 Å². The molecule has 1 N–H and O–H groups in total. The van der Waals surface area contributed by atoms with Gasteiger partial charge >= 0.3 is 6.01 Å². The summed E-state index contributed by atoms with van der Waals surface area (Å²) in [7, 11) is 3.17. The molecule has 0 fully saturated rings. The largest absolute Gasteiger partial charge is 0.493 e. The van der Waals surface area contributed by atoms with Gasteiger partial charge in [-0.05, 0) is 37.3 Å². The highest BCUT2D eigenvalue weighted by molar-refractivity contribution is 5.61. The molecule has 0 spiro atoms. The van der Waals surface area contributed by atoms with E-state index in [0.717, 1.165) is 17.1 Å². The van der Waals surface area contributed by atoms with E-state index >= 15 is 0 Å². The molecule has 7 nitrogen and oxygen atoms in total. The Balaban J connectivity index is 1.73. The van der Waals surface area contributed by atoms with E-state index in [0.29, 0.717) is 29.9 Å². The molecule has 2 aromatic heterocycles. The lowest BCUT2D eigenvalue weighted by atomic mass is 10.2. The first kappa shape index (κ1) is 15.0. The van der Waals surface area contributed by atoms with Gasteiger partial charge in [0.2, 0.25) is 5.82 Å². The maximum absolute atomic E-state index is 5.47. The first-order valence-electron chi connectivity index (χ1n) is 7.05. The summed E-state index contributed by atoms with van der Waals surface area (Å²) < 4.78 is 21.1. The zero-order valence-electron chi connectivity index (χ0n) is 13.1. The quantitative estimate of drug-likeness (QED) is 0.747. The highest BCUT2D eigenvalue weighted by atomic mass is 16.5. The fourth-order valence-corrected chi connectivity index (χ4v) is 2.13. The summed E-state index contributed by atoms with van der Waals surface area (Å²) in [5.74, 6) is 3.37. The van der Waals surface area contributed by atoms with Gasteiger partial charge in [-0.3, -0.25) is 0 Å². The molecular formula is C16H17N3O4. The number of ether oxygens (including phenoxy) is 2. The van der Waals surface area contributed by atoms with Gasteiger partial charge in [0.05, 0.1) is 20.8 Å². The number of aryl methyl sites for hydroxylation is 1. The number of nitrogens with zero attached hydrogens (tertiary/aromatic N) is 2. The fraction of sp³-hybridized carbons (Fsp3) is 0.250. The summed E-state index contributed by atoms with van der Waals surface area (Å²) in [4.78, 5) is 4.31. The van der Waals surface area contributed by atoms with Gasteiger partial charge in [-0.1, -0.05) is 5.16 Å². The Morgan fingerprint density at radius 1 is 1.09 bits per heavy atom. The number of hydrogen-bond donors (Lipinski definition) is 1. The third kappa shape index (κ3) is 3.28. The summed E-state index contributed by atoms with van der Waals surface area (Å²) >= 11 is 0. The zero-order valence-corrected chi connectivity index (χ0v) is 13.1. The molecule has 1 aromatic carbocycles. The van der Waals surface area contributed by atoms with E-state index in [-0.39, 0.29) is 0 Å². The van der Waals surface area contributed by atoms with Crippen LogP contribution >= 0.6 is 0 Å². The first-order valence-corrected chi connectivity index (χ1v) is 7.05. The van der Waals surface area contributed by atoms with Crippen LogP contribution in [0.2, 0.25) is 0 Å². The smallest absolute Gasteiger partial charge is 0.322 e. The number of furan rings is 1. The predicted molar refractivity (Wildman–Crippen MR) is 83.6 cm³/mol. The Kier molecular flexibility index (Phi) is 4.18. The Bertz CT molecular complexity index is 794. The van der Waals surface area contributed by atoms with Crippen molar-refractivity contribution in [1.29, 1.82) is 0 Å². The van der Waals surface area contributed by atoms with Gasteiger partial charge < -0.3 is 23.7 Å². The highest BCUT2D eigenvalue weighted by Crippen LogP contribution is 2.31. The van der Waals surface area contributed by atoms with Crippen LogP contribution in [0, 0.1) is 6.92 Å². The van der Waals surface area contributed by atoms with Gasteiger partial charge in [0, 0.05) is 5.56 Å². The van der Waals surface area contributed by atoms with Crippen molar-refractivity contribution in [2.75, 3.05) is 19.5 Å². The van der Waals surface area contributed by atoms with Crippen molar-refractivity contribution in [3.63, 3.8) is 0 Å². The van der Waals surface area contributed by atoms with Crippen LogP contribution in [0.25, 0.3) is 11.4 Å². The first-order chi connectivity index (χ1) is 11.2. The maximum atomic E-state index is 5.47. The average Bonchev–Trinajstić information content (AvgIpc) is 3.21. The number of nitrogens with one attached hydrogen (secondary N) is 1. The molecule has 0 amide bonds. The van der Waals surface area contributed by atoms with E-state index < -0.39 is 0 Å². The molecule has 0 saturated heterocycles. The minimum absolute atomic E-state index is 0.323. The highest BCUT2D eigenvalue weighted by Gasteiger charge is 2.12. The number of hydrogen-bond acceptors (Lipinski definition) is 7. The molecule has 0 unspecified atom stereocenters. The van der Waals surface area contributed by atoms with Crippen molar-refractivity contribution in [3.8, 4) is 22.9 Å². The molecule has 0 saturated carbocycles. The summed E-state index contributed by atoms with van der Waals surface area (Å²) in [6.45, 7) is 2.37.